The molecule has 12 heteroatoms. The number of aromatic nitrogens is 2. The molecular weight excluding hydrogens is 473 g/mol. The summed E-state index contributed by atoms with van der Waals surface area (Å²) in [5.41, 5.74) is 0.402. The summed E-state index contributed by atoms with van der Waals surface area (Å²) in [5, 5.41) is 24.5. The first-order valence-corrected chi connectivity index (χ1v) is 11.9. The molecule has 0 bridgehead atoms. The predicted octanol–water partition coefficient (Wildman–Crippen LogP) is 2.36. The molecule has 0 saturated carbocycles. The quantitative estimate of drug-likeness (QED) is 0.653. The van der Waals surface area contributed by atoms with Crippen molar-refractivity contribution in [2.75, 3.05) is 27.2 Å². The average molecular weight is 503 g/mol. The number of hydrogen-bond donors (Lipinski definition) is 2. The minimum Gasteiger partial charge on any atom is -0.386 e. The summed E-state index contributed by atoms with van der Waals surface area (Å²) in [6, 6.07) is 1.08. The maximum atomic E-state index is 13.3. The molecule has 1 saturated heterocycles. The van der Waals surface area contributed by atoms with E-state index in [-0.39, 0.29) is 19.2 Å². The normalized spacial score (nSPS) is 26.5. The fourth-order valence-electron chi connectivity index (χ4n) is 4.74. The van der Waals surface area contributed by atoms with E-state index in [1.165, 1.54) is 9.58 Å². The van der Waals surface area contributed by atoms with Crippen LogP contribution < -0.4 is 0 Å². The van der Waals surface area contributed by atoms with Gasteiger partial charge in [0.2, 0.25) is 0 Å². The summed E-state index contributed by atoms with van der Waals surface area (Å²) in [4.78, 5) is 15.2. The van der Waals surface area contributed by atoms with Gasteiger partial charge in [0, 0.05) is 55.4 Å². The molecule has 4 rings (SSSR count). The van der Waals surface area contributed by atoms with Gasteiger partial charge in [0.15, 0.2) is 6.10 Å². The molecule has 8 nitrogen and oxygen atoms in total. The number of halogens is 3. The van der Waals surface area contributed by atoms with Crippen molar-refractivity contribution < 1.29 is 32.9 Å². The molecule has 0 aliphatic carbocycles. The summed E-state index contributed by atoms with van der Waals surface area (Å²) in [7, 11) is 3.15. The Balaban J connectivity index is 1.44. The molecule has 1 amide bonds. The minimum atomic E-state index is -4.46. The average Bonchev–Trinajstić information content (AvgIpc) is 3.40. The largest absolute Gasteiger partial charge is 0.425 e. The van der Waals surface area contributed by atoms with Gasteiger partial charge in [-0.2, -0.15) is 18.3 Å². The van der Waals surface area contributed by atoms with Gasteiger partial charge in [-0.05, 0) is 25.8 Å². The highest BCUT2D eigenvalue weighted by atomic mass is 32.1. The van der Waals surface area contributed by atoms with Gasteiger partial charge in [0.1, 0.15) is 16.6 Å². The Labute approximate surface area is 199 Å². The van der Waals surface area contributed by atoms with Crippen molar-refractivity contribution in [1.82, 2.24) is 19.6 Å². The van der Waals surface area contributed by atoms with Gasteiger partial charge in [0.05, 0.1) is 19.3 Å². The molecule has 0 aromatic carbocycles. The van der Waals surface area contributed by atoms with Crippen molar-refractivity contribution in [1.29, 1.82) is 0 Å². The van der Waals surface area contributed by atoms with Crippen LogP contribution in [0.3, 0.4) is 0 Å². The summed E-state index contributed by atoms with van der Waals surface area (Å²) in [5.74, 6) is -0.397. The van der Waals surface area contributed by atoms with Crippen LogP contribution in [-0.4, -0.2) is 75.1 Å². The molecule has 2 N–H and O–H groups in total. The molecule has 0 unspecified atom stereocenters. The number of nitrogens with zero attached hydrogens (tertiary/aromatic N) is 4. The number of piperidine rings is 1. The molecule has 2 aliphatic heterocycles. The van der Waals surface area contributed by atoms with E-state index in [2.05, 4.69) is 10.00 Å². The highest BCUT2D eigenvalue weighted by Gasteiger charge is 2.48. The number of rotatable bonds is 5. The topological polar surface area (TPSA) is 91.1 Å². The van der Waals surface area contributed by atoms with E-state index in [4.69, 9.17) is 4.74 Å². The second-order valence-corrected chi connectivity index (χ2v) is 10.4. The number of ether oxygens (including phenoxy) is 1. The predicted molar refractivity (Wildman–Crippen MR) is 118 cm³/mol. The third-order valence-corrected chi connectivity index (χ3v) is 7.92. The number of aliphatic hydroxyl groups excluding tert-OH is 2. The lowest BCUT2D eigenvalue weighted by Crippen LogP contribution is -2.50. The molecule has 34 heavy (non-hydrogen) atoms. The van der Waals surface area contributed by atoms with Crippen LogP contribution in [0.2, 0.25) is 0 Å². The maximum absolute atomic E-state index is 13.3. The van der Waals surface area contributed by atoms with Crippen LogP contribution in [0, 0.1) is 0 Å². The second kappa shape index (κ2) is 9.23. The maximum Gasteiger partial charge on any atom is 0.425 e. The van der Waals surface area contributed by atoms with Gasteiger partial charge < -0.3 is 19.8 Å². The number of aliphatic hydroxyl groups is 2. The van der Waals surface area contributed by atoms with E-state index in [0.29, 0.717) is 47.7 Å². The van der Waals surface area contributed by atoms with Crippen LogP contribution in [-0.2, 0) is 34.4 Å². The summed E-state index contributed by atoms with van der Waals surface area (Å²) < 4.78 is 47.6. The number of fused-ring (bicyclic) bond motifs is 2. The number of likely N-dealkylation sites (N-methyl/N-ethyl adjacent to an activating group) is 1. The van der Waals surface area contributed by atoms with E-state index < -0.39 is 34.8 Å². The van der Waals surface area contributed by atoms with E-state index in [0.717, 1.165) is 11.6 Å². The van der Waals surface area contributed by atoms with Crippen molar-refractivity contribution in [2.24, 2.45) is 0 Å². The Morgan fingerprint density at radius 3 is 2.82 bits per heavy atom. The first-order valence-electron chi connectivity index (χ1n) is 11.1. The summed E-state index contributed by atoms with van der Waals surface area (Å²) >= 11 is 0.675. The van der Waals surface area contributed by atoms with Crippen molar-refractivity contribution in [3.05, 3.63) is 39.3 Å². The van der Waals surface area contributed by atoms with E-state index in [1.807, 2.05) is 6.92 Å². The Hall–Kier alpha value is -1.99. The summed E-state index contributed by atoms with van der Waals surface area (Å²) in [6.07, 6.45) is -2.21. The Kier molecular flexibility index (Phi) is 6.82. The first-order chi connectivity index (χ1) is 15.9. The molecule has 0 radical (unpaired) electrons. The van der Waals surface area contributed by atoms with Gasteiger partial charge in [-0.25, -0.2) is 0 Å². The number of thiophene rings is 1. The number of likely N-dealkylation sites (tertiary alicyclic amines) is 1. The lowest BCUT2D eigenvalue weighted by molar-refractivity contribution is -0.139. The molecule has 4 heterocycles. The number of amides is 1. The van der Waals surface area contributed by atoms with Crippen LogP contribution in [0.15, 0.2) is 18.5 Å². The first kappa shape index (κ1) is 25.1. The van der Waals surface area contributed by atoms with Crippen LogP contribution in [0.25, 0.3) is 0 Å². The molecule has 4 atom stereocenters. The number of hydrogen-bond acceptors (Lipinski definition) is 7. The standard InChI is InChI=1S/C22H29F3N4O4S/c1-13-7-21(19-15(17(31)12-33-21)6-18(34-19)22(23,24)25)4-5-28(13)9-14-8-26-29(10-14)11-16(30)20(32)27(2)3/h6,8,10,13,16-17,30-31H,4-5,7,9,11-12H2,1-3H3/t13-,16+,17+,21+/m0/s1. The Morgan fingerprint density at radius 1 is 1.44 bits per heavy atom. The van der Waals surface area contributed by atoms with Crippen LogP contribution in [0.4, 0.5) is 13.2 Å². The van der Waals surface area contributed by atoms with Crippen LogP contribution in [0.1, 0.15) is 46.8 Å². The fourth-order valence-corrected chi connectivity index (χ4v) is 6.01. The van der Waals surface area contributed by atoms with Gasteiger partial charge >= 0.3 is 6.18 Å². The van der Waals surface area contributed by atoms with E-state index >= 15 is 0 Å². The molecular formula is C22H29F3N4O4S. The van der Waals surface area contributed by atoms with Crippen molar-refractivity contribution in [2.45, 2.75) is 62.9 Å². The lowest BCUT2D eigenvalue weighted by Gasteiger charge is -2.47. The summed E-state index contributed by atoms with van der Waals surface area (Å²) in [6.45, 7) is 3.21. The van der Waals surface area contributed by atoms with Crippen molar-refractivity contribution in [3.8, 4) is 0 Å². The highest BCUT2D eigenvalue weighted by molar-refractivity contribution is 7.12. The van der Waals surface area contributed by atoms with Crippen molar-refractivity contribution in [3.63, 3.8) is 0 Å². The number of carbonyl (C=O) groups excluding carboxylic acids is 1. The Bertz CT molecular complexity index is 1040. The van der Waals surface area contributed by atoms with Gasteiger partial charge in [0.25, 0.3) is 5.91 Å². The minimum absolute atomic E-state index is 0.0116. The van der Waals surface area contributed by atoms with Gasteiger partial charge in [-0.15, -0.1) is 11.3 Å². The van der Waals surface area contributed by atoms with E-state index in [1.54, 1.807) is 26.5 Å². The van der Waals surface area contributed by atoms with Crippen LogP contribution in [0.5, 0.6) is 0 Å². The van der Waals surface area contributed by atoms with Gasteiger partial charge in [-0.3, -0.25) is 14.4 Å². The third-order valence-electron chi connectivity index (χ3n) is 6.54. The molecule has 2 aliphatic rings. The van der Waals surface area contributed by atoms with Crippen LogP contribution >= 0.6 is 11.3 Å². The molecule has 1 fully saturated rings. The zero-order valence-electron chi connectivity index (χ0n) is 19.2. The number of carbonyl (C=O) groups is 1. The Morgan fingerprint density at radius 2 is 2.18 bits per heavy atom. The number of alkyl halides is 3. The lowest BCUT2D eigenvalue weighted by atomic mass is 9.81. The molecule has 1 spiro atoms. The monoisotopic (exact) mass is 502 g/mol. The smallest absolute Gasteiger partial charge is 0.386 e. The molecule has 188 valence electrons. The zero-order chi connectivity index (χ0) is 24.8. The SMILES string of the molecule is C[C@H]1C[C@@]2(CCN1Cc1cnn(C[C@@H](O)C(=O)N(C)C)c1)OC[C@@H](O)c1cc(C(F)(F)F)sc12. The van der Waals surface area contributed by atoms with E-state index in [9.17, 15) is 28.2 Å². The highest BCUT2D eigenvalue weighted by Crippen LogP contribution is 2.51. The third kappa shape index (κ3) is 4.87. The molecule has 2 aromatic rings. The second-order valence-electron chi connectivity index (χ2n) is 9.31. The van der Waals surface area contributed by atoms with Crippen molar-refractivity contribution >= 4 is 17.2 Å². The zero-order valence-corrected chi connectivity index (χ0v) is 20.1. The van der Waals surface area contributed by atoms with Gasteiger partial charge in [-0.1, -0.05) is 0 Å². The molecule has 2 aromatic heterocycles. The fraction of sp³-hybridized carbons (Fsp3) is 0.636.